The first-order chi connectivity index (χ1) is 15.5. The second kappa shape index (κ2) is 7.60. The maximum atomic E-state index is 13.1. The summed E-state index contributed by atoms with van der Waals surface area (Å²) in [5, 5.41) is 9.23. The summed E-state index contributed by atoms with van der Waals surface area (Å²) in [6, 6.07) is 15.0. The van der Waals surface area contributed by atoms with Gasteiger partial charge in [-0.3, -0.25) is 9.59 Å². The number of amides is 2. The zero-order valence-corrected chi connectivity index (χ0v) is 18.9. The van der Waals surface area contributed by atoms with Crippen LogP contribution in [0.15, 0.2) is 42.5 Å². The Bertz CT molecular complexity index is 1030. The van der Waals surface area contributed by atoms with Crippen LogP contribution < -0.4 is 10.6 Å². The largest absolute Gasteiger partial charge is 0.351 e. The minimum atomic E-state index is -0.307. The summed E-state index contributed by atoms with van der Waals surface area (Å²) < 4.78 is 0. The lowest BCUT2D eigenvalue weighted by Crippen LogP contribution is -2.60. The van der Waals surface area contributed by atoms with E-state index in [1.54, 1.807) is 0 Å². The van der Waals surface area contributed by atoms with E-state index in [1.807, 2.05) is 0 Å². The fourth-order valence-corrected chi connectivity index (χ4v) is 7.90. The van der Waals surface area contributed by atoms with E-state index in [1.165, 1.54) is 54.9 Å². The van der Waals surface area contributed by atoms with Crippen molar-refractivity contribution < 1.29 is 9.59 Å². The van der Waals surface area contributed by atoms with Gasteiger partial charge in [0.25, 0.3) is 0 Å². The fourth-order valence-electron chi connectivity index (χ4n) is 7.90. The van der Waals surface area contributed by atoms with E-state index in [9.17, 15) is 9.59 Å². The van der Waals surface area contributed by atoms with Gasteiger partial charge < -0.3 is 10.6 Å². The maximum Gasteiger partial charge on any atom is 0.220 e. The molecule has 4 heteroatoms. The van der Waals surface area contributed by atoms with Crippen molar-refractivity contribution in [3.8, 4) is 0 Å². The maximum absolute atomic E-state index is 13.1. The van der Waals surface area contributed by atoms with Crippen molar-refractivity contribution in [1.82, 2.24) is 10.6 Å². The first-order valence-corrected chi connectivity index (χ1v) is 12.6. The van der Waals surface area contributed by atoms with Gasteiger partial charge in [0.1, 0.15) is 0 Å². The Morgan fingerprint density at radius 2 is 1.66 bits per heavy atom. The number of hydrogen-bond acceptors (Lipinski definition) is 2. The lowest BCUT2D eigenvalue weighted by Gasteiger charge is -2.57. The van der Waals surface area contributed by atoms with Crippen molar-refractivity contribution in [3.63, 3.8) is 0 Å². The number of hydrogen-bond donors (Lipinski definition) is 2. The van der Waals surface area contributed by atoms with Crippen LogP contribution in [0.5, 0.6) is 0 Å². The van der Waals surface area contributed by atoms with Crippen molar-refractivity contribution in [2.45, 2.75) is 81.7 Å². The number of rotatable bonds is 6. The van der Waals surface area contributed by atoms with Crippen LogP contribution in [0.1, 0.15) is 69.8 Å². The molecule has 0 unspecified atom stereocenters. The van der Waals surface area contributed by atoms with Crippen LogP contribution in [0, 0.1) is 17.8 Å². The van der Waals surface area contributed by atoms with Crippen molar-refractivity contribution >= 4 is 22.6 Å². The van der Waals surface area contributed by atoms with Gasteiger partial charge in [-0.15, -0.1) is 0 Å². The lowest BCUT2D eigenvalue weighted by molar-refractivity contribution is -0.127. The molecule has 4 aliphatic carbocycles. The number of carbonyl (C=O) groups excluding carboxylic acids is 2. The molecule has 2 aromatic rings. The Balaban J connectivity index is 1.14. The molecule has 0 spiro atoms. The summed E-state index contributed by atoms with van der Waals surface area (Å²) >= 11 is 0. The molecular formula is C28H34N2O2. The van der Waals surface area contributed by atoms with Crippen LogP contribution >= 0.6 is 0 Å². The summed E-state index contributed by atoms with van der Waals surface area (Å²) in [4.78, 5) is 25.3. The number of fused-ring (bicyclic) bond motifs is 1. The minimum absolute atomic E-state index is 0.0657. The highest BCUT2D eigenvalue weighted by molar-refractivity contribution is 5.83. The molecule has 4 saturated carbocycles. The molecule has 4 bridgehead atoms. The molecule has 2 amide bonds. The summed E-state index contributed by atoms with van der Waals surface area (Å²) in [5.74, 6) is 2.79. The molecule has 0 aromatic heterocycles. The van der Waals surface area contributed by atoms with Crippen LogP contribution in [-0.4, -0.2) is 22.9 Å². The molecule has 2 N–H and O–H groups in total. The van der Waals surface area contributed by atoms with Gasteiger partial charge in [0.2, 0.25) is 11.8 Å². The highest BCUT2D eigenvalue weighted by Crippen LogP contribution is 2.55. The van der Waals surface area contributed by atoms with Crippen molar-refractivity contribution in [2.24, 2.45) is 17.8 Å². The molecule has 5 aliphatic rings. The van der Waals surface area contributed by atoms with Gasteiger partial charge in [0, 0.05) is 23.9 Å². The highest BCUT2D eigenvalue weighted by Gasteiger charge is 2.51. The fraction of sp³-hybridized carbons (Fsp3) is 0.571. The molecule has 1 atom stereocenters. The Labute approximate surface area is 190 Å². The molecule has 168 valence electrons. The quantitative estimate of drug-likeness (QED) is 0.685. The normalized spacial score (nSPS) is 35.2. The molecule has 7 rings (SSSR count). The first kappa shape index (κ1) is 20.3. The average molecular weight is 431 g/mol. The Morgan fingerprint density at radius 3 is 2.31 bits per heavy atom. The molecule has 0 radical (unpaired) electrons. The average Bonchev–Trinajstić information content (AvgIpc) is 3.11. The van der Waals surface area contributed by atoms with Crippen molar-refractivity contribution in [1.29, 1.82) is 0 Å². The summed E-state index contributed by atoms with van der Waals surface area (Å²) in [5.41, 5.74) is 0.988. The molecule has 1 saturated heterocycles. The Kier molecular flexibility index (Phi) is 4.81. The van der Waals surface area contributed by atoms with Gasteiger partial charge in [-0.25, -0.2) is 0 Å². The Hall–Kier alpha value is -2.36. The van der Waals surface area contributed by atoms with Gasteiger partial charge in [-0.1, -0.05) is 42.5 Å². The van der Waals surface area contributed by atoms with E-state index in [-0.39, 0.29) is 22.9 Å². The van der Waals surface area contributed by atoms with E-state index in [0.29, 0.717) is 19.3 Å². The molecule has 2 aromatic carbocycles. The Morgan fingerprint density at radius 1 is 0.969 bits per heavy atom. The van der Waals surface area contributed by atoms with Gasteiger partial charge in [-0.05, 0) is 91.9 Å². The van der Waals surface area contributed by atoms with E-state index in [2.05, 4.69) is 53.1 Å². The topological polar surface area (TPSA) is 58.2 Å². The molecule has 5 fully saturated rings. The van der Waals surface area contributed by atoms with Gasteiger partial charge in [0.15, 0.2) is 0 Å². The van der Waals surface area contributed by atoms with E-state index in [0.717, 1.165) is 30.6 Å². The zero-order valence-electron chi connectivity index (χ0n) is 18.9. The summed E-state index contributed by atoms with van der Waals surface area (Å²) in [6.45, 7) is 0. The molecule has 1 aliphatic heterocycles. The summed E-state index contributed by atoms with van der Waals surface area (Å²) in [7, 11) is 0. The predicted molar refractivity (Wildman–Crippen MR) is 126 cm³/mol. The third kappa shape index (κ3) is 3.82. The van der Waals surface area contributed by atoms with Crippen LogP contribution in [-0.2, 0) is 16.0 Å². The second-order valence-corrected chi connectivity index (χ2v) is 11.4. The van der Waals surface area contributed by atoms with Crippen LogP contribution in [0.25, 0.3) is 10.8 Å². The lowest BCUT2D eigenvalue weighted by atomic mass is 9.53. The van der Waals surface area contributed by atoms with Gasteiger partial charge in [-0.2, -0.15) is 0 Å². The molecular weight excluding hydrogens is 396 g/mol. The van der Waals surface area contributed by atoms with Gasteiger partial charge in [0.05, 0.1) is 0 Å². The smallest absolute Gasteiger partial charge is 0.220 e. The van der Waals surface area contributed by atoms with E-state index in [4.69, 9.17) is 0 Å². The van der Waals surface area contributed by atoms with E-state index < -0.39 is 0 Å². The zero-order chi connectivity index (χ0) is 21.8. The second-order valence-electron chi connectivity index (χ2n) is 11.4. The monoisotopic (exact) mass is 430 g/mol. The van der Waals surface area contributed by atoms with Crippen molar-refractivity contribution in [3.05, 3.63) is 48.0 Å². The van der Waals surface area contributed by atoms with E-state index >= 15 is 0 Å². The van der Waals surface area contributed by atoms with Gasteiger partial charge >= 0.3 is 0 Å². The summed E-state index contributed by atoms with van der Waals surface area (Å²) in [6.07, 6.45) is 11.1. The van der Waals surface area contributed by atoms with Crippen LogP contribution in [0.3, 0.4) is 0 Å². The van der Waals surface area contributed by atoms with Crippen molar-refractivity contribution in [2.75, 3.05) is 0 Å². The number of benzene rings is 2. The molecule has 1 heterocycles. The minimum Gasteiger partial charge on any atom is -0.351 e. The van der Waals surface area contributed by atoms with Crippen LogP contribution in [0.4, 0.5) is 0 Å². The number of nitrogens with one attached hydrogen (secondary N) is 2. The molecule has 4 nitrogen and oxygen atoms in total. The number of carbonyl (C=O) groups is 2. The van der Waals surface area contributed by atoms with Crippen LogP contribution in [0.2, 0.25) is 0 Å². The standard InChI is InChI=1S/C28H34N2O2/c31-25-7-9-27(29-25,15-19-5-6-23-3-1-2-4-24(23)14-19)10-8-26(32)30-28-16-20-11-21(17-28)13-22(12-20)18-28/h1-6,14,20-22H,7-13,15-18H2,(H,29,31)(H,30,32)/t20?,21?,22?,27-,28?/m0/s1. The third-order valence-electron chi connectivity index (χ3n) is 8.87. The SMILES string of the molecule is O=C(CC[C@]1(Cc2ccc3ccccc3c2)CCC(=O)N1)NC12CC3CC(CC(C3)C1)C2. The first-order valence-electron chi connectivity index (χ1n) is 12.6. The third-order valence-corrected chi connectivity index (χ3v) is 8.87. The highest BCUT2D eigenvalue weighted by atomic mass is 16.2. The predicted octanol–water partition coefficient (Wildman–Crippen LogP) is 4.90. The molecule has 32 heavy (non-hydrogen) atoms.